The molecular formula is C30H32Cl2N4O4S. The molecule has 11 heteroatoms. The van der Waals surface area contributed by atoms with Crippen LogP contribution in [-0.4, -0.2) is 67.2 Å². The van der Waals surface area contributed by atoms with Gasteiger partial charge >= 0.3 is 0 Å². The first-order valence-electron chi connectivity index (χ1n) is 13.6. The highest BCUT2D eigenvalue weighted by atomic mass is 35.5. The number of likely N-dealkylation sites (tertiary alicyclic amines) is 1. The van der Waals surface area contributed by atoms with E-state index < -0.39 is 9.84 Å². The first kappa shape index (κ1) is 29.4. The molecule has 1 aromatic heterocycles. The van der Waals surface area contributed by atoms with Crippen molar-refractivity contribution in [1.29, 1.82) is 0 Å². The molecule has 8 nitrogen and oxygen atoms in total. The van der Waals surface area contributed by atoms with Crippen LogP contribution < -0.4 is 5.32 Å². The molecule has 216 valence electrons. The first-order valence-corrected chi connectivity index (χ1v) is 16.0. The molecule has 0 spiro atoms. The van der Waals surface area contributed by atoms with Crippen molar-refractivity contribution in [2.75, 3.05) is 31.5 Å². The molecule has 2 aliphatic heterocycles. The number of benzene rings is 2. The Hall–Kier alpha value is -3.11. The summed E-state index contributed by atoms with van der Waals surface area (Å²) >= 11 is 12.5. The second-order valence-corrected chi connectivity index (χ2v) is 13.2. The SMILES string of the molecule is CCN(CC)C1CCN(C(=O)c2cc(C)[nH]c2C=C2C(=O)Nc3ccc(S(=O)(=O)Cc4c(Cl)cccc4Cl)cc32)C1. The number of fused-ring (bicyclic) bond motifs is 1. The van der Waals surface area contributed by atoms with Gasteiger partial charge < -0.3 is 15.2 Å². The van der Waals surface area contributed by atoms with Gasteiger partial charge in [0.25, 0.3) is 11.8 Å². The summed E-state index contributed by atoms with van der Waals surface area (Å²) in [6, 6.07) is 11.4. The third-order valence-corrected chi connectivity index (χ3v) is 10.2. The van der Waals surface area contributed by atoms with Crippen LogP contribution in [0.3, 0.4) is 0 Å². The Morgan fingerprint density at radius 1 is 1.12 bits per heavy atom. The number of nitrogens with one attached hydrogen (secondary N) is 2. The van der Waals surface area contributed by atoms with Crippen molar-refractivity contribution in [3.8, 4) is 0 Å². The van der Waals surface area contributed by atoms with Gasteiger partial charge in [0.2, 0.25) is 0 Å². The maximum Gasteiger partial charge on any atom is 0.256 e. The van der Waals surface area contributed by atoms with Crippen molar-refractivity contribution < 1.29 is 18.0 Å². The lowest BCUT2D eigenvalue weighted by molar-refractivity contribution is -0.110. The molecule has 1 fully saturated rings. The summed E-state index contributed by atoms with van der Waals surface area (Å²) in [5.41, 5.74) is 3.29. The van der Waals surface area contributed by atoms with Crippen LogP contribution in [0.1, 0.15) is 53.1 Å². The molecule has 41 heavy (non-hydrogen) atoms. The molecule has 5 rings (SSSR count). The highest BCUT2D eigenvalue weighted by molar-refractivity contribution is 7.90. The van der Waals surface area contributed by atoms with Crippen molar-refractivity contribution in [2.45, 2.75) is 43.9 Å². The fourth-order valence-corrected chi connectivity index (χ4v) is 7.75. The van der Waals surface area contributed by atoms with Gasteiger partial charge in [0, 0.05) is 51.7 Å². The monoisotopic (exact) mass is 614 g/mol. The van der Waals surface area contributed by atoms with E-state index in [1.165, 1.54) is 12.1 Å². The van der Waals surface area contributed by atoms with Gasteiger partial charge in [0.15, 0.2) is 9.84 Å². The van der Waals surface area contributed by atoms with E-state index in [4.69, 9.17) is 23.2 Å². The molecule has 3 aromatic rings. The summed E-state index contributed by atoms with van der Waals surface area (Å²) in [6.07, 6.45) is 2.54. The van der Waals surface area contributed by atoms with Gasteiger partial charge in [-0.2, -0.15) is 0 Å². The summed E-state index contributed by atoms with van der Waals surface area (Å²) in [6.45, 7) is 9.29. The van der Waals surface area contributed by atoms with E-state index in [1.54, 1.807) is 36.4 Å². The molecule has 0 aliphatic carbocycles. The average molecular weight is 616 g/mol. The highest BCUT2D eigenvalue weighted by Gasteiger charge is 2.32. The van der Waals surface area contributed by atoms with Gasteiger partial charge in [-0.15, -0.1) is 0 Å². The van der Waals surface area contributed by atoms with Crippen LogP contribution in [0, 0.1) is 6.92 Å². The Balaban J connectivity index is 1.46. The molecule has 1 unspecified atom stereocenters. The Morgan fingerprint density at radius 2 is 1.83 bits per heavy atom. The van der Waals surface area contributed by atoms with E-state index in [-0.39, 0.29) is 38.1 Å². The molecular weight excluding hydrogens is 583 g/mol. The van der Waals surface area contributed by atoms with Crippen molar-refractivity contribution in [2.24, 2.45) is 0 Å². The summed E-state index contributed by atoms with van der Waals surface area (Å²) in [5, 5.41) is 3.33. The standard InChI is InChI=1S/C30H32Cl2N4O4S/c1-4-35(5-2)19-11-12-36(16-19)30(38)23-13-18(3)33-28(23)15-22-21-14-20(9-10-27(21)34-29(22)37)41(39,40)17-24-25(31)7-6-8-26(24)32/h6-10,13-15,19,33H,4-5,11-12,16-17H2,1-3H3,(H,34,37). The third-order valence-electron chi connectivity index (χ3n) is 7.81. The minimum absolute atomic E-state index is 0.0353. The minimum Gasteiger partial charge on any atom is -0.358 e. The number of carbonyl (C=O) groups excluding carboxylic acids is 2. The lowest BCUT2D eigenvalue weighted by atomic mass is 10.0. The number of hydrogen-bond donors (Lipinski definition) is 2. The molecule has 2 aliphatic rings. The van der Waals surface area contributed by atoms with Crippen LogP contribution >= 0.6 is 23.2 Å². The van der Waals surface area contributed by atoms with Gasteiger partial charge in [-0.25, -0.2) is 8.42 Å². The second-order valence-electron chi connectivity index (χ2n) is 10.4. The predicted molar refractivity (Wildman–Crippen MR) is 163 cm³/mol. The molecule has 0 bridgehead atoms. The predicted octanol–water partition coefficient (Wildman–Crippen LogP) is 5.65. The van der Waals surface area contributed by atoms with E-state index >= 15 is 0 Å². The maximum absolute atomic E-state index is 13.6. The van der Waals surface area contributed by atoms with E-state index in [2.05, 4.69) is 29.0 Å². The van der Waals surface area contributed by atoms with E-state index in [1.807, 2.05) is 11.8 Å². The van der Waals surface area contributed by atoms with Crippen LogP contribution in [0.15, 0.2) is 47.4 Å². The summed E-state index contributed by atoms with van der Waals surface area (Å²) in [5.74, 6) is -0.858. The zero-order valence-electron chi connectivity index (χ0n) is 23.1. The number of anilines is 1. The number of aryl methyl sites for hydroxylation is 1. The number of carbonyl (C=O) groups is 2. The van der Waals surface area contributed by atoms with E-state index in [0.29, 0.717) is 47.2 Å². The normalized spacial score (nSPS) is 17.9. The van der Waals surface area contributed by atoms with Crippen molar-refractivity contribution in [3.63, 3.8) is 0 Å². The number of H-pyrrole nitrogens is 1. The van der Waals surface area contributed by atoms with Crippen LogP contribution in [0.4, 0.5) is 5.69 Å². The van der Waals surface area contributed by atoms with Gasteiger partial charge in [-0.05, 0) is 68.9 Å². The number of rotatable bonds is 8. The molecule has 0 radical (unpaired) electrons. The number of sulfone groups is 1. The molecule has 3 heterocycles. The van der Waals surface area contributed by atoms with Crippen LogP contribution in [0.5, 0.6) is 0 Å². The number of hydrogen-bond acceptors (Lipinski definition) is 5. The summed E-state index contributed by atoms with van der Waals surface area (Å²) in [7, 11) is -3.85. The minimum atomic E-state index is -3.85. The molecule has 2 amide bonds. The van der Waals surface area contributed by atoms with Crippen molar-refractivity contribution in [1.82, 2.24) is 14.8 Å². The molecule has 0 saturated carbocycles. The molecule has 1 atom stereocenters. The summed E-state index contributed by atoms with van der Waals surface area (Å²) in [4.78, 5) is 34.1. The number of aromatic amines is 1. The van der Waals surface area contributed by atoms with Gasteiger partial charge in [-0.3, -0.25) is 14.5 Å². The number of nitrogens with zero attached hydrogens (tertiary/aromatic N) is 2. The number of halogens is 2. The highest BCUT2D eigenvalue weighted by Crippen LogP contribution is 2.37. The number of aromatic nitrogens is 1. The molecule has 2 N–H and O–H groups in total. The topological polar surface area (TPSA) is 103 Å². The van der Waals surface area contributed by atoms with Crippen molar-refractivity contribution >= 4 is 62.2 Å². The van der Waals surface area contributed by atoms with Crippen LogP contribution in [0.25, 0.3) is 11.6 Å². The summed E-state index contributed by atoms with van der Waals surface area (Å²) < 4.78 is 26.7. The van der Waals surface area contributed by atoms with Crippen LogP contribution in [-0.2, 0) is 20.4 Å². The zero-order valence-corrected chi connectivity index (χ0v) is 25.5. The fourth-order valence-electron chi connectivity index (χ4n) is 5.63. The van der Waals surface area contributed by atoms with E-state index in [0.717, 1.165) is 25.2 Å². The zero-order chi connectivity index (χ0) is 29.5. The number of amides is 2. The maximum atomic E-state index is 13.6. The van der Waals surface area contributed by atoms with Crippen LogP contribution in [0.2, 0.25) is 10.0 Å². The van der Waals surface area contributed by atoms with Gasteiger partial charge in [0.1, 0.15) is 0 Å². The largest absolute Gasteiger partial charge is 0.358 e. The van der Waals surface area contributed by atoms with E-state index in [9.17, 15) is 18.0 Å². The molecule has 1 saturated heterocycles. The van der Waals surface area contributed by atoms with Gasteiger partial charge in [0.05, 0.1) is 27.5 Å². The Morgan fingerprint density at radius 3 is 2.51 bits per heavy atom. The fraction of sp³-hybridized carbons (Fsp3) is 0.333. The Bertz CT molecular complexity index is 1640. The molecule has 2 aromatic carbocycles. The number of likely N-dealkylation sites (N-methyl/N-ethyl adjacent to an activating group) is 1. The first-order chi connectivity index (χ1) is 19.5. The average Bonchev–Trinajstić information content (AvgIpc) is 3.64. The lowest BCUT2D eigenvalue weighted by Crippen LogP contribution is -2.38. The quantitative estimate of drug-likeness (QED) is 0.319. The van der Waals surface area contributed by atoms with Gasteiger partial charge in [-0.1, -0.05) is 43.1 Å². The lowest BCUT2D eigenvalue weighted by Gasteiger charge is -2.26. The Kier molecular flexibility index (Phi) is 8.34. The smallest absolute Gasteiger partial charge is 0.256 e. The Labute approximate surface area is 250 Å². The second kappa shape index (κ2) is 11.6. The van der Waals surface area contributed by atoms with Crippen molar-refractivity contribution in [3.05, 3.63) is 80.6 Å². The third kappa shape index (κ3) is 5.81.